The van der Waals surface area contributed by atoms with Crippen molar-refractivity contribution in [3.63, 3.8) is 0 Å². The van der Waals surface area contributed by atoms with Crippen LogP contribution in [-0.2, 0) is 0 Å². The molecular weight excluding hydrogens is 248 g/mol. The van der Waals surface area contributed by atoms with E-state index in [9.17, 15) is 0 Å². The van der Waals surface area contributed by atoms with Gasteiger partial charge in [0.25, 0.3) is 0 Å². The average Bonchev–Trinajstić information content (AvgIpc) is 2.56. The molecule has 1 aliphatic carbocycles. The predicted molar refractivity (Wildman–Crippen MR) is 84.7 cm³/mol. The summed E-state index contributed by atoms with van der Waals surface area (Å²) in [4.78, 5) is 11.6. The minimum absolute atomic E-state index is 0.369. The lowest BCUT2D eigenvalue weighted by atomic mass is 9.79. The van der Waals surface area contributed by atoms with Crippen LogP contribution in [0.4, 0.5) is 0 Å². The van der Waals surface area contributed by atoms with Crippen molar-refractivity contribution in [1.82, 2.24) is 10.2 Å². The molecule has 2 heterocycles. The molecule has 0 bridgehead atoms. The lowest BCUT2D eigenvalue weighted by Crippen LogP contribution is -2.58. The first-order valence-corrected chi connectivity index (χ1v) is 8.45. The van der Waals surface area contributed by atoms with E-state index in [1.165, 1.54) is 64.5 Å². The van der Waals surface area contributed by atoms with Crippen LogP contribution >= 0.6 is 0 Å². The zero-order valence-corrected chi connectivity index (χ0v) is 12.6. The Labute approximate surface area is 122 Å². The molecule has 4 nitrogen and oxygen atoms in total. The summed E-state index contributed by atoms with van der Waals surface area (Å²) >= 11 is 0. The van der Waals surface area contributed by atoms with Crippen LogP contribution < -0.4 is 5.32 Å². The highest BCUT2D eigenvalue weighted by Gasteiger charge is 2.38. The summed E-state index contributed by atoms with van der Waals surface area (Å²) in [5.74, 6) is 0.859. The number of rotatable bonds is 3. The summed E-state index contributed by atoms with van der Waals surface area (Å²) in [5.41, 5.74) is 0.369. The van der Waals surface area contributed by atoms with Gasteiger partial charge >= 0.3 is 0 Å². The summed E-state index contributed by atoms with van der Waals surface area (Å²) in [6, 6.07) is 0. The van der Waals surface area contributed by atoms with Gasteiger partial charge in [0.15, 0.2) is 0 Å². The Kier molecular flexibility index (Phi) is 4.71. The molecule has 4 heteroatoms. The van der Waals surface area contributed by atoms with E-state index in [1.54, 1.807) is 0 Å². The van der Waals surface area contributed by atoms with Crippen LogP contribution in [0.1, 0.15) is 57.8 Å². The first kappa shape index (κ1) is 14.1. The van der Waals surface area contributed by atoms with Crippen LogP contribution in [-0.4, -0.2) is 48.8 Å². The Balaban J connectivity index is 1.65. The van der Waals surface area contributed by atoms with E-state index in [1.807, 2.05) is 6.21 Å². The molecular formula is C16H28N4. The first-order chi connectivity index (χ1) is 9.89. The van der Waals surface area contributed by atoms with Crippen molar-refractivity contribution in [3.05, 3.63) is 0 Å². The Hall–Kier alpha value is -0.900. The molecule has 1 saturated carbocycles. The number of nitrogens with zero attached hydrogens (tertiary/aromatic N) is 3. The quantitative estimate of drug-likeness (QED) is 0.860. The average molecular weight is 276 g/mol. The predicted octanol–water partition coefficient (Wildman–Crippen LogP) is 2.60. The van der Waals surface area contributed by atoms with Crippen molar-refractivity contribution in [2.45, 2.75) is 63.3 Å². The summed E-state index contributed by atoms with van der Waals surface area (Å²) in [5, 5.41) is 3.54. The van der Waals surface area contributed by atoms with Crippen LogP contribution in [0.15, 0.2) is 9.98 Å². The molecule has 0 aromatic rings. The number of hydrogen-bond acceptors (Lipinski definition) is 4. The van der Waals surface area contributed by atoms with Crippen LogP contribution in [0.3, 0.4) is 0 Å². The highest BCUT2D eigenvalue weighted by Crippen LogP contribution is 2.35. The van der Waals surface area contributed by atoms with Crippen LogP contribution in [0.2, 0.25) is 0 Å². The number of aliphatic imine (C=N–C) groups is 2. The van der Waals surface area contributed by atoms with Gasteiger partial charge in [-0.1, -0.05) is 25.7 Å². The van der Waals surface area contributed by atoms with E-state index in [0.29, 0.717) is 5.54 Å². The highest BCUT2D eigenvalue weighted by atomic mass is 15.2. The van der Waals surface area contributed by atoms with E-state index in [0.717, 1.165) is 25.5 Å². The molecule has 0 spiro atoms. The molecule has 0 unspecified atom stereocenters. The molecule has 3 aliphatic rings. The lowest BCUT2D eigenvalue weighted by molar-refractivity contribution is 0.0369. The van der Waals surface area contributed by atoms with Gasteiger partial charge in [-0.25, -0.2) is 4.99 Å². The van der Waals surface area contributed by atoms with Gasteiger partial charge in [-0.15, -0.1) is 0 Å². The fraction of sp³-hybridized carbons (Fsp3) is 0.875. The SMILES string of the molecule is C1=NC(NCC2(N3CCCCC3)CCCCC2)=NCC1. The molecule has 0 aromatic heterocycles. The fourth-order valence-electron chi connectivity index (χ4n) is 3.95. The van der Waals surface area contributed by atoms with Crippen molar-refractivity contribution >= 4 is 12.2 Å². The minimum atomic E-state index is 0.369. The maximum atomic E-state index is 4.48. The Bertz CT molecular complexity index is 363. The molecule has 112 valence electrons. The van der Waals surface area contributed by atoms with Gasteiger partial charge in [-0.3, -0.25) is 9.89 Å². The Morgan fingerprint density at radius 3 is 2.50 bits per heavy atom. The van der Waals surface area contributed by atoms with Crippen LogP contribution in [0, 0.1) is 0 Å². The first-order valence-electron chi connectivity index (χ1n) is 8.45. The van der Waals surface area contributed by atoms with Crippen LogP contribution in [0.5, 0.6) is 0 Å². The second kappa shape index (κ2) is 6.70. The Morgan fingerprint density at radius 1 is 1.05 bits per heavy atom. The molecule has 2 aliphatic heterocycles. The maximum Gasteiger partial charge on any atom is 0.217 e. The van der Waals surface area contributed by atoms with Crippen molar-refractivity contribution in [2.24, 2.45) is 9.98 Å². The van der Waals surface area contributed by atoms with Gasteiger partial charge in [0.2, 0.25) is 5.96 Å². The van der Waals surface area contributed by atoms with Gasteiger partial charge in [-0.2, -0.15) is 0 Å². The largest absolute Gasteiger partial charge is 0.353 e. The normalized spacial score (nSPS) is 27.1. The van der Waals surface area contributed by atoms with Crippen LogP contribution in [0.25, 0.3) is 0 Å². The molecule has 0 amide bonds. The van der Waals surface area contributed by atoms with Crippen molar-refractivity contribution < 1.29 is 0 Å². The van der Waals surface area contributed by atoms with E-state index in [4.69, 9.17) is 0 Å². The van der Waals surface area contributed by atoms with Gasteiger partial charge in [0.1, 0.15) is 0 Å². The molecule has 0 aromatic carbocycles. The zero-order valence-electron chi connectivity index (χ0n) is 12.6. The molecule has 20 heavy (non-hydrogen) atoms. The van der Waals surface area contributed by atoms with Gasteiger partial charge < -0.3 is 5.32 Å². The van der Waals surface area contributed by atoms with Gasteiger partial charge in [0.05, 0.1) is 0 Å². The standard InChI is InChI=1S/C16H28N4/c1-3-8-16(9-4-1,20-12-5-2-6-13-20)14-19-15-17-10-7-11-18-15/h10H,1-9,11-14H2,(H,18,19). The van der Waals surface area contributed by atoms with E-state index < -0.39 is 0 Å². The number of guanidine groups is 1. The molecule has 0 atom stereocenters. The number of hydrogen-bond donors (Lipinski definition) is 1. The number of likely N-dealkylation sites (tertiary alicyclic amines) is 1. The third-order valence-corrected chi connectivity index (χ3v) is 5.12. The van der Waals surface area contributed by atoms with Crippen molar-refractivity contribution in [2.75, 3.05) is 26.2 Å². The second-order valence-corrected chi connectivity index (χ2v) is 6.49. The van der Waals surface area contributed by atoms with E-state index in [2.05, 4.69) is 20.2 Å². The topological polar surface area (TPSA) is 40.0 Å². The summed E-state index contributed by atoms with van der Waals surface area (Å²) in [7, 11) is 0. The van der Waals surface area contributed by atoms with Crippen molar-refractivity contribution in [3.8, 4) is 0 Å². The zero-order chi connectivity index (χ0) is 13.7. The third-order valence-electron chi connectivity index (χ3n) is 5.12. The third kappa shape index (κ3) is 3.22. The molecule has 0 radical (unpaired) electrons. The molecule has 1 N–H and O–H groups in total. The highest BCUT2D eigenvalue weighted by molar-refractivity contribution is 5.89. The van der Waals surface area contributed by atoms with E-state index >= 15 is 0 Å². The van der Waals surface area contributed by atoms with E-state index in [-0.39, 0.29) is 0 Å². The summed E-state index contributed by atoms with van der Waals surface area (Å²) < 4.78 is 0. The number of piperidine rings is 1. The maximum absolute atomic E-state index is 4.48. The summed E-state index contributed by atoms with van der Waals surface area (Å²) in [6.45, 7) is 4.50. The van der Waals surface area contributed by atoms with Crippen molar-refractivity contribution in [1.29, 1.82) is 0 Å². The molecule has 1 saturated heterocycles. The Morgan fingerprint density at radius 2 is 1.80 bits per heavy atom. The lowest BCUT2D eigenvalue weighted by Gasteiger charge is -2.48. The smallest absolute Gasteiger partial charge is 0.217 e. The number of nitrogens with one attached hydrogen (secondary N) is 1. The van der Waals surface area contributed by atoms with Gasteiger partial charge in [-0.05, 0) is 38.8 Å². The minimum Gasteiger partial charge on any atom is -0.353 e. The monoisotopic (exact) mass is 276 g/mol. The van der Waals surface area contributed by atoms with Gasteiger partial charge in [0, 0.05) is 31.3 Å². The molecule has 3 rings (SSSR count). The second-order valence-electron chi connectivity index (χ2n) is 6.49. The summed E-state index contributed by atoms with van der Waals surface area (Å²) in [6.07, 6.45) is 14.0. The fourth-order valence-corrected chi connectivity index (χ4v) is 3.95. The molecule has 2 fully saturated rings.